The van der Waals surface area contributed by atoms with Gasteiger partial charge < -0.3 is 10.4 Å². The molecule has 0 aliphatic rings. The highest BCUT2D eigenvalue weighted by Gasteiger charge is 2.22. The van der Waals surface area contributed by atoms with Gasteiger partial charge in [0.2, 0.25) is 5.91 Å². The minimum atomic E-state index is -0.983. The van der Waals surface area contributed by atoms with Gasteiger partial charge in [0.15, 0.2) is 0 Å². The Hall–Kier alpha value is -1.10. The number of carbonyl (C=O) groups excluding carboxylic acids is 1. The molecule has 5 heteroatoms. The van der Waals surface area contributed by atoms with Crippen molar-refractivity contribution in [2.75, 3.05) is 21.1 Å². The van der Waals surface area contributed by atoms with Gasteiger partial charge in [-0.1, -0.05) is 0 Å². The van der Waals surface area contributed by atoms with Crippen LogP contribution >= 0.6 is 0 Å². The van der Waals surface area contributed by atoms with Crippen LogP contribution in [-0.4, -0.2) is 49.1 Å². The molecule has 1 amide bonds. The highest BCUT2D eigenvalue weighted by atomic mass is 16.4. The lowest BCUT2D eigenvalue weighted by molar-refractivity contribution is -0.144. The Morgan fingerprint density at radius 1 is 1.50 bits per heavy atom. The molecule has 0 heterocycles. The molecule has 5 nitrogen and oxygen atoms in total. The standard InChI is InChI=1S/C7H14N2O3/c1-8-6(10)4-5(7(11)12)9(2)3/h5H,4H2,1-3H3,(H,8,10)(H,11,12). The molecule has 0 aliphatic carbocycles. The highest BCUT2D eigenvalue weighted by Crippen LogP contribution is 1.99. The van der Waals surface area contributed by atoms with Crippen LogP contribution in [0.5, 0.6) is 0 Å². The maximum Gasteiger partial charge on any atom is 0.321 e. The van der Waals surface area contributed by atoms with E-state index in [0.29, 0.717) is 0 Å². The van der Waals surface area contributed by atoms with Crippen LogP contribution < -0.4 is 5.32 Å². The fraction of sp³-hybridized carbons (Fsp3) is 0.714. The minimum absolute atomic E-state index is 0.0150. The lowest BCUT2D eigenvalue weighted by atomic mass is 10.2. The largest absolute Gasteiger partial charge is 0.480 e. The molecule has 0 bridgehead atoms. The van der Waals surface area contributed by atoms with Crippen molar-refractivity contribution in [3.63, 3.8) is 0 Å². The van der Waals surface area contributed by atoms with E-state index in [-0.39, 0.29) is 12.3 Å². The van der Waals surface area contributed by atoms with Crippen LogP contribution in [0.4, 0.5) is 0 Å². The average molecular weight is 174 g/mol. The molecular formula is C7H14N2O3. The first-order valence-corrected chi connectivity index (χ1v) is 3.58. The molecule has 0 fully saturated rings. The molecule has 0 radical (unpaired) electrons. The van der Waals surface area contributed by atoms with E-state index in [2.05, 4.69) is 5.32 Å². The van der Waals surface area contributed by atoms with Gasteiger partial charge in [0.25, 0.3) is 0 Å². The third kappa shape index (κ3) is 3.34. The SMILES string of the molecule is CNC(=O)CC(C(=O)O)N(C)C. The van der Waals surface area contributed by atoms with Gasteiger partial charge in [0.1, 0.15) is 6.04 Å². The molecule has 12 heavy (non-hydrogen) atoms. The van der Waals surface area contributed by atoms with Crippen LogP contribution in [0, 0.1) is 0 Å². The Morgan fingerprint density at radius 2 is 2.00 bits per heavy atom. The number of likely N-dealkylation sites (N-methyl/N-ethyl adjacent to an activating group) is 1. The lowest BCUT2D eigenvalue weighted by Gasteiger charge is -2.18. The van der Waals surface area contributed by atoms with Crippen molar-refractivity contribution >= 4 is 11.9 Å². The second kappa shape index (κ2) is 4.71. The molecule has 1 unspecified atom stereocenters. The molecule has 0 aromatic carbocycles. The molecule has 0 aromatic heterocycles. The number of hydrogen-bond donors (Lipinski definition) is 2. The van der Waals surface area contributed by atoms with Crippen LogP contribution in [0.1, 0.15) is 6.42 Å². The van der Waals surface area contributed by atoms with Crippen molar-refractivity contribution in [2.24, 2.45) is 0 Å². The molecule has 0 saturated carbocycles. The van der Waals surface area contributed by atoms with E-state index in [1.165, 1.54) is 11.9 Å². The molecule has 70 valence electrons. The third-order valence-corrected chi connectivity index (χ3v) is 1.57. The van der Waals surface area contributed by atoms with Gasteiger partial charge in [-0.15, -0.1) is 0 Å². The van der Waals surface area contributed by atoms with Crippen LogP contribution in [-0.2, 0) is 9.59 Å². The summed E-state index contributed by atoms with van der Waals surface area (Å²) in [5.74, 6) is -1.25. The van der Waals surface area contributed by atoms with Crippen molar-refractivity contribution in [2.45, 2.75) is 12.5 Å². The third-order valence-electron chi connectivity index (χ3n) is 1.57. The van der Waals surface area contributed by atoms with Gasteiger partial charge >= 0.3 is 5.97 Å². The number of amides is 1. The molecule has 2 N–H and O–H groups in total. The maximum absolute atomic E-state index is 10.8. The van der Waals surface area contributed by atoms with E-state index < -0.39 is 12.0 Å². The summed E-state index contributed by atoms with van der Waals surface area (Å²) in [4.78, 5) is 22.9. The molecule has 0 saturated heterocycles. The highest BCUT2D eigenvalue weighted by molar-refractivity contribution is 5.84. The summed E-state index contributed by atoms with van der Waals surface area (Å²) in [5.41, 5.74) is 0. The average Bonchev–Trinajstić information content (AvgIpc) is 1.98. The van der Waals surface area contributed by atoms with E-state index in [1.54, 1.807) is 14.1 Å². The zero-order valence-corrected chi connectivity index (χ0v) is 7.50. The Bertz CT molecular complexity index is 179. The van der Waals surface area contributed by atoms with Crippen molar-refractivity contribution < 1.29 is 14.7 Å². The summed E-state index contributed by atoms with van der Waals surface area (Å²) in [6.45, 7) is 0. The quantitative estimate of drug-likeness (QED) is 0.581. The van der Waals surface area contributed by atoms with Gasteiger partial charge in [0, 0.05) is 7.05 Å². The molecule has 0 rings (SSSR count). The Labute approximate surface area is 71.4 Å². The molecule has 1 atom stereocenters. The van der Waals surface area contributed by atoms with Crippen molar-refractivity contribution in [1.82, 2.24) is 10.2 Å². The maximum atomic E-state index is 10.8. The van der Waals surface area contributed by atoms with Gasteiger partial charge in [-0.05, 0) is 14.1 Å². The van der Waals surface area contributed by atoms with E-state index in [9.17, 15) is 9.59 Å². The number of nitrogens with one attached hydrogen (secondary N) is 1. The molecule has 0 spiro atoms. The minimum Gasteiger partial charge on any atom is -0.480 e. The monoisotopic (exact) mass is 174 g/mol. The first-order chi connectivity index (χ1) is 5.49. The van der Waals surface area contributed by atoms with E-state index >= 15 is 0 Å². The van der Waals surface area contributed by atoms with E-state index in [0.717, 1.165) is 0 Å². The van der Waals surface area contributed by atoms with Crippen LogP contribution in [0.15, 0.2) is 0 Å². The number of carbonyl (C=O) groups is 2. The summed E-state index contributed by atoms with van der Waals surface area (Å²) in [7, 11) is 4.74. The van der Waals surface area contributed by atoms with Crippen LogP contribution in [0.25, 0.3) is 0 Å². The first kappa shape index (κ1) is 10.9. The lowest BCUT2D eigenvalue weighted by Crippen LogP contribution is -2.39. The fourth-order valence-electron chi connectivity index (χ4n) is 0.768. The number of carboxylic acids is 1. The predicted molar refractivity (Wildman–Crippen MR) is 43.8 cm³/mol. The Kier molecular flexibility index (Phi) is 4.28. The van der Waals surface area contributed by atoms with Crippen molar-refractivity contribution in [3.05, 3.63) is 0 Å². The van der Waals surface area contributed by atoms with Gasteiger partial charge in [-0.2, -0.15) is 0 Å². The fourth-order valence-corrected chi connectivity index (χ4v) is 0.768. The summed E-state index contributed by atoms with van der Waals surface area (Å²) in [5, 5.41) is 11.0. The molecule has 0 aliphatic heterocycles. The number of nitrogens with zero attached hydrogens (tertiary/aromatic N) is 1. The van der Waals surface area contributed by atoms with Crippen LogP contribution in [0.3, 0.4) is 0 Å². The number of aliphatic carboxylic acids is 1. The summed E-state index contributed by atoms with van der Waals surface area (Å²) >= 11 is 0. The summed E-state index contributed by atoms with van der Waals surface area (Å²) < 4.78 is 0. The predicted octanol–water partition coefficient (Wildman–Crippen LogP) is -0.863. The van der Waals surface area contributed by atoms with Crippen LogP contribution in [0.2, 0.25) is 0 Å². The molecule has 0 aromatic rings. The number of hydrogen-bond acceptors (Lipinski definition) is 3. The second-order valence-electron chi connectivity index (χ2n) is 2.69. The number of carboxylic acid groups (broad SMARTS) is 1. The normalized spacial score (nSPS) is 12.7. The van der Waals surface area contributed by atoms with E-state index in [4.69, 9.17) is 5.11 Å². The first-order valence-electron chi connectivity index (χ1n) is 3.58. The molecular weight excluding hydrogens is 160 g/mol. The number of rotatable bonds is 4. The van der Waals surface area contributed by atoms with Gasteiger partial charge in [-0.3, -0.25) is 14.5 Å². The Morgan fingerprint density at radius 3 is 2.25 bits per heavy atom. The summed E-state index contributed by atoms with van der Waals surface area (Å²) in [6, 6.07) is -0.745. The second-order valence-corrected chi connectivity index (χ2v) is 2.69. The Balaban J connectivity index is 4.14. The van der Waals surface area contributed by atoms with E-state index in [1.807, 2.05) is 0 Å². The topological polar surface area (TPSA) is 69.6 Å². The van der Waals surface area contributed by atoms with Crippen molar-refractivity contribution in [3.8, 4) is 0 Å². The zero-order chi connectivity index (χ0) is 9.72. The van der Waals surface area contributed by atoms with Gasteiger partial charge in [-0.25, -0.2) is 0 Å². The smallest absolute Gasteiger partial charge is 0.321 e. The van der Waals surface area contributed by atoms with Gasteiger partial charge in [0.05, 0.1) is 6.42 Å². The summed E-state index contributed by atoms with van der Waals surface area (Å²) in [6.07, 6.45) is -0.0150. The van der Waals surface area contributed by atoms with Crippen molar-refractivity contribution in [1.29, 1.82) is 0 Å². The zero-order valence-electron chi connectivity index (χ0n) is 7.50.